The summed E-state index contributed by atoms with van der Waals surface area (Å²) < 4.78 is 15.4. The molecule has 0 unspecified atom stereocenters. The zero-order chi connectivity index (χ0) is 24.1. The van der Waals surface area contributed by atoms with Crippen LogP contribution in [0.1, 0.15) is 6.42 Å². The third-order valence-corrected chi connectivity index (χ3v) is 5.14. The van der Waals surface area contributed by atoms with Gasteiger partial charge < -0.3 is 24.4 Å². The number of non-ortho nitro benzene ring substituents is 1. The van der Waals surface area contributed by atoms with Crippen LogP contribution in [0.5, 0.6) is 11.5 Å². The lowest BCUT2D eigenvalue weighted by Gasteiger charge is -2.19. The maximum absolute atomic E-state index is 12.5. The monoisotopic (exact) mass is 477 g/mol. The molecule has 2 aromatic rings. The Morgan fingerprint density at radius 3 is 2.58 bits per heavy atom. The number of methoxy groups -OCH3 is 2. The van der Waals surface area contributed by atoms with Crippen molar-refractivity contribution >= 4 is 46.4 Å². The highest BCUT2D eigenvalue weighted by atomic mass is 35.5. The number of hydrogen-bond donors (Lipinski definition) is 1. The quantitative estimate of drug-likeness (QED) is 0.348. The molecule has 0 aliphatic carbocycles. The number of nitro groups is 1. The number of nitrogens with zero attached hydrogens (tertiary/aromatic N) is 2. The van der Waals surface area contributed by atoms with Crippen LogP contribution >= 0.6 is 11.6 Å². The van der Waals surface area contributed by atoms with Crippen LogP contribution in [0.3, 0.4) is 0 Å². The van der Waals surface area contributed by atoms with Crippen LogP contribution in [0.2, 0.25) is 5.02 Å². The SMILES string of the molecule is COc1ccc(Cl)cc1NC(=O)COC(=O)[C@H]1CC(=O)N(c2ccc([N+](=O)[O-])cc2OC)C1. The Morgan fingerprint density at radius 1 is 1.18 bits per heavy atom. The molecule has 1 fully saturated rings. The van der Waals surface area contributed by atoms with E-state index in [-0.39, 0.29) is 30.3 Å². The lowest BCUT2D eigenvalue weighted by molar-refractivity contribution is -0.384. The number of esters is 1. The number of anilines is 2. The Morgan fingerprint density at radius 2 is 1.91 bits per heavy atom. The molecular weight excluding hydrogens is 458 g/mol. The number of ether oxygens (including phenoxy) is 3. The summed E-state index contributed by atoms with van der Waals surface area (Å²) in [6, 6.07) is 8.49. The van der Waals surface area contributed by atoms with Crippen LogP contribution in [0.15, 0.2) is 36.4 Å². The zero-order valence-electron chi connectivity index (χ0n) is 17.7. The molecule has 1 aliphatic rings. The van der Waals surface area contributed by atoms with Crippen molar-refractivity contribution in [3.05, 3.63) is 51.5 Å². The Balaban J connectivity index is 1.61. The molecule has 1 saturated heterocycles. The third-order valence-electron chi connectivity index (χ3n) is 4.90. The number of amides is 2. The number of nitro benzene ring substituents is 1. The van der Waals surface area contributed by atoms with Gasteiger partial charge >= 0.3 is 5.97 Å². The molecule has 11 nitrogen and oxygen atoms in total. The molecule has 33 heavy (non-hydrogen) atoms. The van der Waals surface area contributed by atoms with E-state index in [1.54, 1.807) is 12.1 Å². The van der Waals surface area contributed by atoms with Crippen molar-refractivity contribution in [2.24, 2.45) is 5.92 Å². The fourth-order valence-corrected chi connectivity index (χ4v) is 3.49. The summed E-state index contributed by atoms with van der Waals surface area (Å²) in [6.45, 7) is -0.588. The van der Waals surface area contributed by atoms with Crippen molar-refractivity contribution in [2.45, 2.75) is 6.42 Å². The molecule has 0 radical (unpaired) electrons. The number of benzene rings is 2. The fourth-order valence-electron chi connectivity index (χ4n) is 3.32. The maximum Gasteiger partial charge on any atom is 0.311 e. The van der Waals surface area contributed by atoms with E-state index in [1.165, 1.54) is 43.4 Å². The predicted molar refractivity (Wildman–Crippen MR) is 118 cm³/mol. The van der Waals surface area contributed by atoms with E-state index in [0.29, 0.717) is 22.1 Å². The Hall–Kier alpha value is -3.86. The molecule has 3 rings (SSSR count). The van der Waals surface area contributed by atoms with Gasteiger partial charge in [0.15, 0.2) is 6.61 Å². The lowest BCUT2D eigenvalue weighted by Crippen LogP contribution is -2.28. The molecule has 0 saturated carbocycles. The minimum Gasteiger partial charge on any atom is -0.495 e. The van der Waals surface area contributed by atoms with Crippen molar-refractivity contribution in [3.63, 3.8) is 0 Å². The van der Waals surface area contributed by atoms with Crippen LogP contribution in [0.4, 0.5) is 17.1 Å². The van der Waals surface area contributed by atoms with Gasteiger partial charge in [-0.25, -0.2) is 0 Å². The number of rotatable bonds is 8. The largest absolute Gasteiger partial charge is 0.495 e. The highest BCUT2D eigenvalue weighted by Gasteiger charge is 2.37. The number of carbonyl (C=O) groups excluding carboxylic acids is 3. The van der Waals surface area contributed by atoms with E-state index in [2.05, 4.69) is 5.32 Å². The molecule has 2 aromatic carbocycles. The first-order valence-electron chi connectivity index (χ1n) is 9.66. The highest BCUT2D eigenvalue weighted by Crippen LogP contribution is 2.36. The van der Waals surface area contributed by atoms with Crippen LogP contribution in [0.25, 0.3) is 0 Å². The maximum atomic E-state index is 12.5. The van der Waals surface area contributed by atoms with E-state index < -0.39 is 29.3 Å². The lowest BCUT2D eigenvalue weighted by atomic mass is 10.1. The van der Waals surface area contributed by atoms with Crippen LogP contribution < -0.4 is 19.7 Å². The molecule has 174 valence electrons. The predicted octanol–water partition coefficient (Wildman–Crippen LogP) is 2.80. The first kappa shape index (κ1) is 23.8. The number of hydrogen-bond acceptors (Lipinski definition) is 8. The summed E-state index contributed by atoms with van der Waals surface area (Å²) in [6.07, 6.45) is -0.136. The number of carbonyl (C=O) groups is 3. The molecule has 2 amide bonds. The van der Waals surface area contributed by atoms with Gasteiger partial charge in [-0.3, -0.25) is 24.5 Å². The minimum absolute atomic E-state index is 0.0183. The Bertz CT molecular complexity index is 1110. The van der Waals surface area contributed by atoms with E-state index >= 15 is 0 Å². The van der Waals surface area contributed by atoms with E-state index in [9.17, 15) is 24.5 Å². The highest BCUT2D eigenvalue weighted by molar-refractivity contribution is 6.31. The Labute approximate surface area is 193 Å². The second kappa shape index (κ2) is 10.2. The molecule has 0 aromatic heterocycles. The van der Waals surface area contributed by atoms with Gasteiger partial charge in [0.1, 0.15) is 11.5 Å². The van der Waals surface area contributed by atoms with Gasteiger partial charge in [0.25, 0.3) is 11.6 Å². The Kier molecular flexibility index (Phi) is 7.34. The van der Waals surface area contributed by atoms with Crippen LogP contribution in [-0.2, 0) is 19.1 Å². The minimum atomic E-state index is -0.814. The van der Waals surface area contributed by atoms with Crippen LogP contribution in [0, 0.1) is 16.0 Å². The van der Waals surface area contributed by atoms with Crippen LogP contribution in [-0.4, -0.2) is 50.1 Å². The zero-order valence-corrected chi connectivity index (χ0v) is 18.5. The molecule has 1 N–H and O–H groups in total. The fraction of sp³-hybridized carbons (Fsp3) is 0.286. The average molecular weight is 478 g/mol. The van der Waals surface area contributed by atoms with Crippen molar-refractivity contribution in [3.8, 4) is 11.5 Å². The van der Waals surface area contributed by atoms with Gasteiger partial charge in [-0.1, -0.05) is 11.6 Å². The van der Waals surface area contributed by atoms with Gasteiger partial charge in [0.05, 0.1) is 42.5 Å². The number of nitrogens with one attached hydrogen (secondary N) is 1. The van der Waals surface area contributed by atoms with Crippen molar-refractivity contribution in [1.82, 2.24) is 0 Å². The second-order valence-corrected chi connectivity index (χ2v) is 7.46. The topological polar surface area (TPSA) is 137 Å². The first-order valence-corrected chi connectivity index (χ1v) is 10.0. The molecule has 0 bridgehead atoms. The molecular formula is C21H20ClN3O8. The second-order valence-electron chi connectivity index (χ2n) is 7.02. The first-order chi connectivity index (χ1) is 15.7. The molecule has 1 aliphatic heterocycles. The van der Waals surface area contributed by atoms with Gasteiger partial charge in [-0.15, -0.1) is 0 Å². The summed E-state index contributed by atoms with van der Waals surface area (Å²) in [5, 5.41) is 13.9. The van der Waals surface area contributed by atoms with E-state index in [4.69, 9.17) is 25.8 Å². The summed E-state index contributed by atoms with van der Waals surface area (Å²) in [7, 11) is 2.75. The van der Waals surface area contributed by atoms with Gasteiger partial charge in [-0.05, 0) is 24.3 Å². The van der Waals surface area contributed by atoms with E-state index in [1.807, 2.05) is 0 Å². The van der Waals surface area contributed by atoms with E-state index in [0.717, 1.165) is 0 Å². The average Bonchev–Trinajstić information content (AvgIpc) is 3.18. The van der Waals surface area contributed by atoms with Gasteiger partial charge in [-0.2, -0.15) is 0 Å². The number of halogens is 1. The molecule has 1 atom stereocenters. The summed E-state index contributed by atoms with van der Waals surface area (Å²) in [5.41, 5.74) is 0.424. The van der Waals surface area contributed by atoms with Crippen molar-refractivity contribution in [2.75, 3.05) is 37.6 Å². The van der Waals surface area contributed by atoms with Gasteiger partial charge in [0, 0.05) is 24.1 Å². The molecule has 1 heterocycles. The smallest absolute Gasteiger partial charge is 0.311 e. The van der Waals surface area contributed by atoms with Gasteiger partial charge in [0.2, 0.25) is 5.91 Å². The third kappa shape index (κ3) is 5.50. The standard InChI is InChI=1S/C21H20ClN3O8/c1-31-17-6-3-13(22)8-15(17)23-19(26)11-33-21(28)12-7-20(27)24(10-12)16-5-4-14(25(29)30)9-18(16)32-2/h3-6,8-9,12H,7,10-11H2,1-2H3,(H,23,26)/t12-/m0/s1. The molecule has 12 heteroatoms. The summed E-state index contributed by atoms with van der Waals surface area (Å²) in [5.74, 6) is -2.01. The summed E-state index contributed by atoms with van der Waals surface area (Å²) in [4.78, 5) is 48.8. The molecule has 0 spiro atoms. The van der Waals surface area contributed by atoms with Crippen molar-refractivity contribution < 1.29 is 33.5 Å². The normalized spacial score (nSPS) is 15.2. The summed E-state index contributed by atoms with van der Waals surface area (Å²) >= 11 is 5.92. The van der Waals surface area contributed by atoms with Crippen molar-refractivity contribution in [1.29, 1.82) is 0 Å².